The van der Waals surface area contributed by atoms with Crippen molar-refractivity contribution in [1.29, 1.82) is 0 Å². The molecule has 8 heteroatoms. The molecular weight excluding hydrogens is 337 g/mol. The van der Waals surface area contributed by atoms with Gasteiger partial charge >= 0.3 is 6.18 Å². The Morgan fingerprint density at radius 3 is 2.48 bits per heavy atom. The molecule has 0 unspecified atom stereocenters. The van der Waals surface area contributed by atoms with E-state index < -0.39 is 23.6 Å². The summed E-state index contributed by atoms with van der Waals surface area (Å²) in [5.74, 6) is -1.18. The number of alkyl halides is 3. The van der Waals surface area contributed by atoms with Crippen molar-refractivity contribution in [3.63, 3.8) is 0 Å². The quantitative estimate of drug-likeness (QED) is 0.868. The fraction of sp³-hybridized carbons (Fsp3) is 0.294. The number of nitrogens with one attached hydrogen (secondary N) is 2. The second kappa shape index (κ2) is 6.27. The van der Waals surface area contributed by atoms with E-state index in [2.05, 4.69) is 10.6 Å². The first-order valence-electron chi connectivity index (χ1n) is 7.62. The molecule has 1 saturated carbocycles. The minimum atomic E-state index is -4.68. The molecule has 1 fully saturated rings. The van der Waals surface area contributed by atoms with Crippen molar-refractivity contribution in [1.82, 2.24) is 0 Å². The van der Waals surface area contributed by atoms with Crippen LogP contribution in [0.25, 0.3) is 0 Å². The second-order valence-electron chi connectivity index (χ2n) is 6.00. The molecule has 2 aromatic rings. The average molecular weight is 352 g/mol. The SMILES string of the molecule is C[C@@H]1C[C@@H]1C(=O)Nc1ccc(NC(=O)c2ccco2)cc1C(F)(F)F. The number of rotatable bonds is 4. The molecular formula is C17H15F3N2O3. The summed E-state index contributed by atoms with van der Waals surface area (Å²) in [5, 5.41) is 4.66. The molecule has 2 atom stereocenters. The number of anilines is 2. The maximum Gasteiger partial charge on any atom is 0.418 e. The predicted octanol–water partition coefficient (Wildman–Crippen LogP) is 4.15. The number of hydrogen-bond donors (Lipinski definition) is 2. The van der Waals surface area contributed by atoms with Gasteiger partial charge in [0.15, 0.2) is 5.76 Å². The van der Waals surface area contributed by atoms with E-state index in [1.165, 1.54) is 24.5 Å². The van der Waals surface area contributed by atoms with E-state index in [0.717, 1.165) is 12.1 Å². The summed E-state index contributed by atoms with van der Waals surface area (Å²) < 4.78 is 44.8. The number of benzene rings is 1. The fourth-order valence-corrected chi connectivity index (χ4v) is 2.48. The first kappa shape index (κ1) is 17.1. The molecule has 0 spiro atoms. The van der Waals surface area contributed by atoms with Gasteiger partial charge in [-0.15, -0.1) is 0 Å². The molecule has 1 aromatic heterocycles. The van der Waals surface area contributed by atoms with Crippen LogP contribution in [0.2, 0.25) is 0 Å². The molecule has 0 bridgehead atoms. The van der Waals surface area contributed by atoms with Crippen molar-refractivity contribution in [2.45, 2.75) is 19.5 Å². The van der Waals surface area contributed by atoms with E-state index in [1.54, 1.807) is 0 Å². The smallest absolute Gasteiger partial charge is 0.418 e. The number of furan rings is 1. The number of carbonyl (C=O) groups excluding carboxylic acids is 2. The van der Waals surface area contributed by atoms with Gasteiger partial charge in [-0.2, -0.15) is 13.2 Å². The molecule has 0 aliphatic heterocycles. The molecule has 25 heavy (non-hydrogen) atoms. The van der Waals surface area contributed by atoms with E-state index in [0.29, 0.717) is 6.42 Å². The Bertz CT molecular complexity index is 800. The van der Waals surface area contributed by atoms with E-state index in [1.807, 2.05) is 6.92 Å². The number of amides is 2. The molecule has 132 valence electrons. The highest BCUT2D eigenvalue weighted by atomic mass is 19.4. The van der Waals surface area contributed by atoms with Gasteiger partial charge in [0, 0.05) is 11.6 Å². The lowest BCUT2D eigenvalue weighted by atomic mass is 10.1. The van der Waals surface area contributed by atoms with E-state index in [-0.39, 0.29) is 29.0 Å². The Balaban J connectivity index is 1.82. The second-order valence-corrected chi connectivity index (χ2v) is 6.00. The molecule has 5 nitrogen and oxygen atoms in total. The normalized spacial score (nSPS) is 19.4. The third-order valence-corrected chi connectivity index (χ3v) is 4.03. The van der Waals surface area contributed by atoms with Gasteiger partial charge in [-0.05, 0) is 42.7 Å². The monoisotopic (exact) mass is 352 g/mol. The van der Waals surface area contributed by atoms with Gasteiger partial charge < -0.3 is 15.1 Å². The zero-order chi connectivity index (χ0) is 18.2. The lowest BCUT2D eigenvalue weighted by molar-refractivity contribution is -0.136. The molecule has 2 amide bonds. The van der Waals surface area contributed by atoms with Crippen molar-refractivity contribution in [2.75, 3.05) is 10.6 Å². The predicted molar refractivity (Wildman–Crippen MR) is 84.0 cm³/mol. The van der Waals surface area contributed by atoms with E-state index >= 15 is 0 Å². The molecule has 1 aromatic carbocycles. The molecule has 2 N–H and O–H groups in total. The van der Waals surface area contributed by atoms with Gasteiger partial charge in [-0.3, -0.25) is 9.59 Å². The van der Waals surface area contributed by atoms with Crippen LogP contribution in [0.3, 0.4) is 0 Å². The van der Waals surface area contributed by atoms with E-state index in [4.69, 9.17) is 4.42 Å². The van der Waals surface area contributed by atoms with Crippen molar-refractivity contribution < 1.29 is 27.2 Å². The van der Waals surface area contributed by atoms with Crippen LogP contribution in [0.5, 0.6) is 0 Å². The standard InChI is InChI=1S/C17H15F3N2O3/c1-9-7-11(9)15(23)22-13-5-4-10(8-12(13)17(18,19)20)21-16(24)14-3-2-6-25-14/h2-6,8-9,11H,7H2,1H3,(H,21,24)(H,22,23)/t9-,11+/m1/s1. The molecule has 3 rings (SSSR count). The van der Waals surface area contributed by atoms with Crippen molar-refractivity contribution in [3.05, 3.63) is 47.9 Å². The average Bonchev–Trinajstić information content (AvgIpc) is 3.04. The summed E-state index contributed by atoms with van der Waals surface area (Å²) in [7, 11) is 0. The van der Waals surface area contributed by atoms with Crippen LogP contribution >= 0.6 is 0 Å². The van der Waals surface area contributed by atoms with Gasteiger partial charge in [0.25, 0.3) is 5.91 Å². The Hall–Kier alpha value is -2.77. The van der Waals surface area contributed by atoms with Crippen LogP contribution < -0.4 is 10.6 Å². The summed E-state index contributed by atoms with van der Waals surface area (Å²) in [6, 6.07) is 6.10. The topological polar surface area (TPSA) is 71.3 Å². The van der Waals surface area contributed by atoms with Gasteiger partial charge in [-0.1, -0.05) is 6.92 Å². The van der Waals surface area contributed by atoms with Crippen LogP contribution in [0.1, 0.15) is 29.5 Å². The zero-order valence-corrected chi connectivity index (χ0v) is 13.2. The summed E-state index contributed by atoms with van der Waals surface area (Å²) in [6.45, 7) is 1.86. The van der Waals surface area contributed by atoms with Crippen molar-refractivity contribution >= 4 is 23.2 Å². The fourth-order valence-electron chi connectivity index (χ4n) is 2.48. The molecule has 1 aliphatic rings. The maximum atomic E-state index is 13.3. The summed E-state index contributed by atoms with van der Waals surface area (Å²) in [4.78, 5) is 23.8. The summed E-state index contributed by atoms with van der Waals surface area (Å²) >= 11 is 0. The van der Waals surface area contributed by atoms with Gasteiger partial charge in [0.1, 0.15) is 0 Å². The first-order valence-corrected chi connectivity index (χ1v) is 7.62. The largest absolute Gasteiger partial charge is 0.459 e. The van der Waals surface area contributed by atoms with Gasteiger partial charge in [0.05, 0.1) is 17.5 Å². The summed E-state index contributed by atoms with van der Waals surface area (Å²) in [6.07, 6.45) is -2.72. The highest BCUT2D eigenvalue weighted by Crippen LogP contribution is 2.41. The highest BCUT2D eigenvalue weighted by molar-refractivity contribution is 6.02. The Morgan fingerprint density at radius 2 is 1.92 bits per heavy atom. The van der Waals surface area contributed by atoms with Crippen molar-refractivity contribution in [2.24, 2.45) is 11.8 Å². The lowest BCUT2D eigenvalue weighted by Crippen LogP contribution is -2.19. The van der Waals surface area contributed by atoms with Crippen LogP contribution in [-0.4, -0.2) is 11.8 Å². The third kappa shape index (κ3) is 3.84. The Morgan fingerprint density at radius 1 is 1.20 bits per heavy atom. The van der Waals surface area contributed by atoms with Crippen molar-refractivity contribution in [3.8, 4) is 0 Å². The third-order valence-electron chi connectivity index (χ3n) is 4.03. The van der Waals surface area contributed by atoms with Gasteiger partial charge in [0.2, 0.25) is 5.91 Å². The Labute approximate surface area is 141 Å². The molecule has 0 radical (unpaired) electrons. The van der Waals surface area contributed by atoms with E-state index in [9.17, 15) is 22.8 Å². The molecule has 0 saturated heterocycles. The highest BCUT2D eigenvalue weighted by Gasteiger charge is 2.40. The minimum absolute atomic E-state index is 0.0198. The Kier molecular flexibility index (Phi) is 4.28. The zero-order valence-electron chi connectivity index (χ0n) is 13.2. The molecule has 1 aliphatic carbocycles. The molecule has 1 heterocycles. The number of carbonyl (C=O) groups is 2. The van der Waals surface area contributed by atoms with Crippen LogP contribution in [0.4, 0.5) is 24.5 Å². The maximum absolute atomic E-state index is 13.3. The van der Waals surface area contributed by atoms with Crippen LogP contribution in [-0.2, 0) is 11.0 Å². The first-order chi connectivity index (χ1) is 11.8. The van der Waals surface area contributed by atoms with Gasteiger partial charge in [-0.25, -0.2) is 0 Å². The lowest BCUT2D eigenvalue weighted by Gasteiger charge is -2.15. The number of hydrogen-bond acceptors (Lipinski definition) is 3. The summed E-state index contributed by atoms with van der Waals surface area (Å²) in [5.41, 5.74) is -1.40. The number of halogens is 3. The van der Waals surface area contributed by atoms with Crippen LogP contribution in [0.15, 0.2) is 41.0 Å². The van der Waals surface area contributed by atoms with Crippen LogP contribution in [0, 0.1) is 11.8 Å². The minimum Gasteiger partial charge on any atom is -0.459 e.